The van der Waals surface area contributed by atoms with Crippen molar-refractivity contribution in [3.8, 4) is 0 Å². The maximum absolute atomic E-state index is 13.1. The monoisotopic (exact) mass is 481 g/mol. The van der Waals surface area contributed by atoms with E-state index in [4.69, 9.17) is 16.6 Å². The Morgan fingerprint density at radius 3 is 2.41 bits per heavy atom. The van der Waals surface area contributed by atoms with Crippen LogP contribution in [-0.2, 0) is 35.2 Å². The molecular weight excluding hydrogens is 454 g/mol. The number of amides is 4. The minimum Gasteiger partial charge on any atom is -0.481 e. The number of aromatic amines is 1. The maximum atomic E-state index is 13.1. The number of nitrogens with one attached hydrogen (secondary N) is 3. The van der Waals surface area contributed by atoms with Crippen LogP contribution in [0, 0.1) is 0 Å². The number of hydrogen-bond acceptors (Lipinski definition) is 8. The molecule has 1 aromatic rings. The number of nitrogens with two attached hydrogens (primary N) is 2. The molecule has 34 heavy (non-hydrogen) atoms. The number of aliphatic carboxylic acids is 2. The quantitative estimate of drug-likeness (QED) is 0.156. The number of likely N-dealkylation sites (tertiary alicyclic amines) is 1. The van der Waals surface area contributed by atoms with Crippen LogP contribution in [0.4, 0.5) is 0 Å². The summed E-state index contributed by atoms with van der Waals surface area (Å²) >= 11 is 0. The molecule has 2 rings (SSSR count). The fourth-order valence-electron chi connectivity index (χ4n) is 3.55. The molecule has 4 atom stereocenters. The number of rotatable bonds is 12. The predicted octanol–water partition coefficient (Wildman–Crippen LogP) is -3.33. The van der Waals surface area contributed by atoms with Gasteiger partial charge in [-0.05, 0) is 12.8 Å². The van der Waals surface area contributed by atoms with Gasteiger partial charge in [0.25, 0.3) is 0 Å². The molecule has 1 aromatic heterocycles. The standard InChI is InChI=1S/C19H27N7O8/c20-10(5-14(21)27)16(30)24-11(6-15(28)29)18(32)26-3-1-2-13(26)17(31)25-12(19(33)34)4-9-7-22-8-23-9/h7-8,10-13H,1-6,20H2,(H2,21,27)(H,22,23)(H,24,30)(H,25,31)(H,28,29)(H,33,34). The first-order valence-electron chi connectivity index (χ1n) is 10.4. The van der Waals surface area contributed by atoms with Gasteiger partial charge in [0.05, 0.1) is 25.2 Å². The minimum absolute atomic E-state index is 0.0722. The number of H-pyrrole nitrogens is 1. The lowest BCUT2D eigenvalue weighted by Crippen LogP contribution is -2.57. The van der Waals surface area contributed by atoms with Crippen LogP contribution in [0.3, 0.4) is 0 Å². The van der Waals surface area contributed by atoms with Crippen LogP contribution in [0.25, 0.3) is 0 Å². The molecule has 0 radical (unpaired) electrons. The zero-order valence-electron chi connectivity index (χ0n) is 18.1. The van der Waals surface area contributed by atoms with Crippen molar-refractivity contribution in [2.24, 2.45) is 11.5 Å². The average molecular weight is 481 g/mol. The number of primary amides is 1. The van der Waals surface area contributed by atoms with Crippen LogP contribution in [0.1, 0.15) is 31.4 Å². The molecule has 4 amide bonds. The van der Waals surface area contributed by atoms with Crippen molar-refractivity contribution in [2.75, 3.05) is 6.54 Å². The van der Waals surface area contributed by atoms with Crippen molar-refractivity contribution in [2.45, 2.75) is 56.3 Å². The number of hydrogen-bond donors (Lipinski definition) is 7. The van der Waals surface area contributed by atoms with Gasteiger partial charge in [-0.1, -0.05) is 0 Å². The molecule has 0 aliphatic carbocycles. The van der Waals surface area contributed by atoms with E-state index in [2.05, 4.69) is 20.6 Å². The van der Waals surface area contributed by atoms with Gasteiger partial charge in [-0.3, -0.25) is 24.0 Å². The van der Waals surface area contributed by atoms with Crippen molar-refractivity contribution in [3.05, 3.63) is 18.2 Å². The molecule has 1 aliphatic heterocycles. The highest BCUT2D eigenvalue weighted by Crippen LogP contribution is 2.20. The second-order valence-corrected chi connectivity index (χ2v) is 7.81. The summed E-state index contributed by atoms with van der Waals surface area (Å²) in [5.41, 5.74) is 11.0. The van der Waals surface area contributed by atoms with Crippen molar-refractivity contribution in [1.29, 1.82) is 0 Å². The first-order chi connectivity index (χ1) is 16.0. The Bertz CT molecular complexity index is 935. The summed E-state index contributed by atoms with van der Waals surface area (Å²) in [6.45, 7) is 0.0918. The largest absolute Gasteiger partial charge is 0.481 e. The molecule has 2 heterocycles. The average Bonchev–Trinajstić information content (AvgIpc) is 3.43. The minimum atomic E-state index is -1.56. The molecule has 0 aromatic carbocycles. The number of imidazole rings is 1. The van der Waals surface area contributed by atoms with E-state index in [0.717, 1.165) is 4.90 Å². The molecule has 9 N–H and O–H groups in total. The normalized spacial score (nSPS) is 17.9. The van der Waals surface area contributed by atoms with E-state index in [-0.39, 0.29) is 19.4 Å². The molecule has 1 fully saturated rings. The second kappa shape index (κ2) is 11.7. The SMILES string of the molecule is NC(=O)CC(N)C(=O)NC(CC(=O)O)C(=O)N1CCCC1C(=O)NC(Cc1cnc[nH]1)C(=O)O. The summed E-state index contributed by atoms with van der Waals surface area (Å²) in [7, 11) is 0. The summed E-state index contributed by atoms with van der Waals surface area (Å²) in [6, 6.07) is -5.31. The third kappa shape index (κ3) is 7.26. The lowest BCUT2D eigenvalue weighted by Gasteiger charge is -2.29. The summed E-state index contributed by atoms with van der Waals surface area (Å²) in [5.74, 6) is -6.08. The van der Waals surface area contributed by atoms with Crippen LogP contribution < -0.4 is 22.1 Å². The second-order valence-electron chi connectivity index (χ2n) is 7.81. The van der Waals surface area contributed by atoms with Crippen LogP contribution >= 0.6 is 0 Å². The fraction of sp³-hybridized carbons (Fsp3) is 0.526. The Morgan fingerprint density at radius 2 is 1.85 bits per heavy atom. The third-order valence-corrected chi connectivity index (χ3v) is 5.18. The Balaban J connectivity index is 2.12. The molecule has 4 unspecified atom stereocenters. The Hall–Kier alpha value is -4.01. The molecule has 15 heteroatoms. The predicted molar refractivity (Wildman–Crippen MR) is 113 cm³/mol. The van der Waals surface area contributed by atoms with Gasteiger partial charge in [0, 0.05) is 24.9 Å². The third-order valence-electron chi connectivity index (χ3n) is 5.18. The van der Waals surface area contributed by atoms with E-state index in [1.54, 1.807) is 0 Å². The summed E-state index contributed by atoms with van der Waals surface area (Å²) in [6.07, 6.45) is 2.00. The van der Waals surface area contributed by atoms with E-state index >= 15 is 0 Å². The van der Waals surface area contributed by atoms with E-state index in [1.165, 1.54) is 12.5 Å². The van der Waals surface area contributed by atoms with Crippen LogP contribution in [0.15, 0.2) is 12.5 Å². The molecule has 186 valence electrons. The Kier molecular flexibility index (Phi) is 9.06. The van der Waals surface area contributed by atoms with Crippen molar-refractivity contribution in [1.82, 2.24) is 25.5 Å². The summed E-state index contributed by atoms with van der Waals surface area (Å²) in [4.78, 5) is 79.6. The van der Waals surface area contributed by atoms with Crippen molar-refractivity contribution in [3.63, 3.8) is 0 Å². The van der Waals surface area contributed by atoms with Crippen molar-refractivity contribution < 1.29 is 39.0 Å². The zero-order valence-corrected chi connectivity index (χ0v) is 18.1. The fourth-order valence-corrected chi connectivity index (χ4v) is 3.55. The van der Waals surface area contributed by atoms with Gasteiger partial charge in [-0.15, -0.1) is 0 Å². The van der Waals surface area contributed by atoms with Crippen LogP contribution in [0.5, 0.6) is 0 Å². The lowest BCUT2D eigenvalue weighted by molar-refractivity contribution is -0.147. The summed E-state index contributed by atoms with van der Waals surface area (Å²) in [5, 5.41) is 23.2. The van der Waals surface area contributed by atoms with Crippen LogP contribution in [0.2, 0.25) is 0 Å². The summed E-state index contributed by atoms with van der Waals surface area (Å²) < 4.78 is 0. The van der Waals surface area contributed by atoms with E-state index in [9.17, 15) is 33.9 Å². The number of carbonyl (C=O) groups excluding carboxylic acids is 4. The maximum Gasteiger partial charge on any atom is 0.326 e. The van der Waals surface area contributed by atoms with Crippen LogP contribution in [-0.4, -0.2) is 91.4 Å². The zero-order chi connectivity index (χ0) is 25.4. The molecule has 15 nitrogen and oxygen atoms in total. The molecule has 0 saturated carbocycles. The van der Waals surface area contributed by atoms with E-state index in [0.29, 0.717) is 12.1 Å². The van der Waals surface area contributed by atoms with E-state index < -0.39 is 72.6 Å². The highest BCUT2D eigenvalue weighted by Gasteiger charge is 2.39. The molecule has 1 saturated heterocycles. The number of carboxylic acid groups (broad SMARTS) is 2. The molecule has 1 aliphatic rings. The number of carboxylic acids is 2. The van der Waals surface area contributed by atoms with Gasteiger partial charge in [-0.2, -0.15) is 0 Å². The highest BCUT2D eigenvalue weighted by atomic mass is 16.4. The first-order valence-corrected chi connectivity index (χ1v) is 10.4. The van der Waals surface area contributed by atoms with Gasteiger partial charge in [0.15, 0.2) is 0 Å². The van der Waals surface area contributed by atoms with Crippen molar-refractivity contribution >= 4 is 35.6 Å². The molecular formula is C19H27N7O8. The highest BCUT2D eigenvalue weighted by molar-refractivity contribution is 5.96. The Morgan fingerprint density at radius 1 is 1.15 bits per heavy atom. The van der Waals surface area contributed by atoms with Gasteiger partial charge in [-0.25, -0.2) is 9.78 Å². The number of nitrogens with zero attached hydrogens (tertiary/aromatic N) is 2. The van der Waals surface area contributed by atoms with Gasteiger partial charge >= 0.3 is 11.9 Å². The smallest absolute Gasteiger partial charge is 0.326 e. The first kappa shape index (κ1) is 26.2. The van der Waals surface area contributed by atoms with Gasteiger partial charge in [0.1, 0.15) is 18.1 Å². The number of aromatic nitrogens is 2. The van der Waals surface area contributed by atoms with Gasteiger partial charge in [0.2, 0.25) is 23.6 Å². The van der Waals surface area contributed by atoms with Gasteiger partial charge < -0.3 is 42.2 Å². The lowest BCUT2D eigenvalue weighted by atomic mass is 10.1. The Labute approximate surface area is 193 Å². The van der Waals surface area contributed by atoms with E-state index in [1.807, 2.05) is 0 Å². The number of carbonyl (C=O) groups is 6. The molecule has 0 bridgehead atoms. The topological polar surface area (TPSA) is 251 Å². The molecule has 0 spiro atoms.